The van der Waals surface area contributed by atoms with Crippen molar-refractivity contribution in [3.05, 3.63) is 0 Å². The van der Waals surface area contributed by atoms with Crippen molar-refractivity contribution >= 4 is 17.8 Å². The van der Waals surface area contributed by atoms with Crippen LogP contribution in [0.2, 0.25) is 0 Å². The molecule has 0 aromatic rings. The molecule has 6 nitrogen and oxygen atoms in total. The van der Waals surface area contributed by atoms with Gasteiger partial charge in [0.05, 0.1) is 5.92 Å². The van der Waals surface area contributed by atoms with Gasteiger partial charge in [-0.2, -0.15) is 0 Å². The summed E-state index contributed by atoms with van der Waals surface area (Å²) in [6, 6.07) is -0.614. The third kappa shape index (κ3) is 4.83. The van der Waals surface area contributed by atoms with Gasteiger partial charge < -0.3 is 15.3 Å². The molecule has 0 radical (unpaired) electrons. The second kappa shape index (κ2) is 6.24. The highest BCUT2D eigenvalue weighted by atomic mass is 16.4. The number of carbonyl (C=O) groups is 3. The summed E-state index contributed by atoms with van der Waals surface area (Å²) >= 11 is 0. The van der Waals surface area contributed by atoms with Crippen LogP contribution < -0.4 is 5.32 Å². The highest BCUT2D eigenvalue weighted by molar-refractivity contribution is 5.88. The Morgan fingerprint density at radius 3 is 2.40 bits per heavy atom. The van der Waals surface area contributed by atoms with Crippen molar-refractivity contribution in [2.75, 3.05) is 13.1 Å². The first kappa shape index (κ1) is 16.5. The first-order valence-corrected chi connectivity index (χ1v) is 6.91. The normalized spacial score (nSPS) is 20.6. The van der Waals surface area contributed by atoms with Gasteiger partial charge in [-0.3, -0.25) is 14.4 Å². The van der Waals surface area contributed by atoms with Crippen LogP contribution in [0.25, 0.3) is 0 Å². The smallest absolute Gasteiger partial charge is 0.308 e. The van der Waals surface area contributed by atoms with E-state index in [9.17, 15) is 14.4 Å². The second-order valence-corrected chi connectivity index (χ2v) is 6.63. The lowest BCUT2D eigenvalue weighted by Gasteiger charge is -2.23. The number of carboxylic acid groups (broad SMARTS) is 1. The molecule has 1 fully saturated rings. The van der Waals surface area contributed by atoms with Gasteiger partial charge in [-0.15, -0.1) is 0 Å². The molecule has 1 aliphatic rings. The van der Waals surface area contributed by atoms with Crippen LogP contribution in [0, 0.1) is 11.3 Å². The summed E-state index contributed by atoms with van der Waals surface area (Å²) in [5.74, 6) is -1.73. The van der Waals surface area contributed by atoms with Crippen LogP contribution in [-0.4, -0.2) is 46.9 Å². The molecule has 1 heterocycles. The van der Waals surface area contributed by atoms with E-state index in [2.05, 4.69) is 5.32 Å². The van der Waals surface area contributed by atoms with Crippen molar-refractivity contribution in [1.82, 2.24) is 10.2 Å². The Morgan fingerprint density at radius 1 is 1.35 bits per heavy atom. The van der Waals surface area contributed by atoms with E-state index in [0.717, 1.165) is 0 Å². The molecule has 0 saturated carbocycles. The van der Waals surface area contributed by atoms with E-state index in [0.29, 0.717) is 19.4 Å². The number of aliphatic carboxylic acids is 1. The monoisotopic (exact) mass is 284 g/mol. The Bertz CT molecular complexity index is 400. The van der Waals surface area contributed by atoms with Gasteiger partial charge in [-0.05, 0) is 18.8 Å². The first-order chi connectivity index (χ1) is 9.10. The summed E-state index contributed by atoms with van der Waals surface area (Å²) in [6.07, 6.45) is 0.825. The maximum absolute atomic E-state index is 12.1. The minimum Gasteiger partial charge on any atom is -0.481 e. The van der Waals surface area contributed by atoms with Gasteiger partial charge in [-0.1, -0.05) is 20.8 Å². The third-order valence-corrected chi connectivity index (χ3v) is 3.29. The van der Waals surface area contributed by atoms with Gasteiger partial charge in [0.2, 0.25) is 11.8 Å². The van der Waals surface area contributed by atoms with Gasteiger partial charge in [0.25, 0.3) is 0 Å². The van der Waals surface area contributed by atoms with E-state index in [1.165, 1.54) is 4.90 Å². The van der Waals surface area contributed by atoms with Gasteiger partial charge in [0.15, 0.2) is 0 Å². The van der Waals surface area contributed by atoms with Crippen LogP contribution in [0.4, 0.5) is 0 Å². The number of nitrogens with zero attached hydrogens (tertiary/aromatic N) is 1. The zero-order chi connectivity index (χ0) is 15.5. The van der Waals surface area contributed by atoms with Crippen LogP contribution in [0.3, 0.4) is 0 Å². The van der Waals surface area contributed by atoms with E-state index in [1.807, 2.05) is 20.8 Å². The Morgan fingerprint density at radius 2 is 1.95 bits per heavy atom. The first-order valence-electron chi connectivity index (χ1n) is 6.91. The predicted molar refractivity (Wildman–Crippen MR) is 74.0 cm³/mol. The topological polar surface area (TPSA) is 86.7 Å². The predicted octanol–water partition coefficient (Wildman–Crippen LogP) is 0.860. The van der Waals surface area contributed by atoms with Crippen LogP contribution in [0.1, 0.15) is 40.5 Å². The molecule has 20 heavy (non-hydrogen) atoms. The lowest BCUT2D eigenvalue weighted by molar-refractivity contribution is -0.142. The molecule has 0 aromatic carbocycles. The average Bonchev–Trinajstić information content (AvgIpc) is 2.74. The average molecular weight is 284 g/mol. The molecule has 114 valence electrons. The maximum Gasteiger partial charge on any atom is 0.308 e. The van der Waals surface area contributed by atoms with Crippen molar-refractivity contribution in [2.24, 2.45) is 11.3 Å². The summed E-state index contributed by atoms with van der Waals surface area (Å²) in [7, 11) is 0. The number of nitrogens with one attached hydrogen (secondary N) is 1. The fourth-order valence-corrected chi connectivity index (χ4v) is 2.27. The number of carbonyl (C=O) groups excluding carboxylic acids is 2. The van der Waals surface area contributed by atoms with E-state index in [1.54, 1.807) is 6.92 Å². The number of hydrogen-bond donors (Lipinski definition) is 2. The summed E-state index contributed by atoms with van der Waals surface area (Å²) < 4.78 is 0. The molecule has 2 atom stereocenters. The highest BCUT2D eigenvalue weighted by Crippen LogP contribution is 2.19. The largest absolute Gasteiger partial charge is 0.481 e. The number of likely N-dealkylation sites (tertiary alicyclic amines) is 1. The van der Waals surface area contributed by atoms with Crippen LogP contribution in [-0.2, 0) is 14.4 Å². The van der Waals surface area contributed by atoms with Crippen LogP contribution in [0.5, 0.6) is 0 Å². The lowest BCUT2D eigenvalue weighted by Crippen LogP contribution is -2.46. The number of amides is 2. The van der Waals surface area contributed by atoms with Gasteiger partial charge in [0.1, 0.15) is 6.04 Å². The van der Waals surface area contributed by atoms with E-state index in [-0.39, 0.29) is 23.8 Å². The van der Waals surface area contributed by atoms with Gasteiger partial charge in [0, 0.05) is 19.5 Å². The number of rotatable bonds is 4. The molecule has 0 spiro atoms. The molecule has 0 aliphatic carbocycles. The summed E-state index contributed by atoms with van der Waals surface area (Å²) in [5, 5.41) is 11.6. The Balaban J connectivity index is 2.48. The van der Waals surface area contributed by atoms with Crippen molar-refractivity contribution < 1.29 is 19.5 Å². The SMILES string of the molecule is CC(NC(=O)CC(C)(C)C)C(=O)N1CCC(C(=O)O)C1. The molecular weight excluding hydrogens is 260 g/mol. The minimum atomic E-state index is -0.871. The van der Waals surface area contributed by atoms with Crippen LogP contribution >= 0.6 is 0 Å². The summed E-state index contributed by atoms with van der Waals surface area (Å²) in [4.78, 5) is 36.3. The molecule has 2 unspecified atom stereocenters. The Labute approximate surface area is 119 Å². The lowest BCUT2D eigenvalue weighted by atomic mass is 9.92. The van der Waals surface area contributed by atoms with Gasteiger partial charge in [-0.25, -0.2) is 0 Å². The van der Waals surface area contributed by atoms with E-state index in [4.69, 9.17) is 5.11 Å². The molecule has 1 rings (SSSR count). The molecule has 6 heteroatoms. The Hall–Kier alpha value is -1.59. The Kier molecular flexibility index (Phi) is 5.14. The third-order valence-electron chi connectivity index (χ3n) is 3.29. The number of carboxylic acids is 1. The fraction of sp³-hybridized carbons (Fsp3) is 0.786. The molecule has 1 saturated heterocycles. The van der Waals surface area contributed by atoms with E-state index >= 15 is 0 Å². The molecule has 2 N–H and O–H groups in total. The van der Waals surface area contributed by atoms with E-state index < -0.39 is 17.9 Å². The van der Waals surface area contributed by atoms with Crippen molar-refractivity contribution in [2.45, 2.75) is 46.6 Å². The molecule has 1 aliphatic heterocycles. The van der Waals surface area contributed by atoms with Crippen molar-refractivity contribution in [3.63, 3.8) is 0 Å². The number of hydrogen-bond acceptors (Lipinski definition) is 3. The van der Waals surface area contributed by atoms with Gasteiger partial charge >= 0.3 is 5.97 Å². The summed E-state index contributed by atoms with van der Waals surface area (Å²) in [5.41, 5.74) is -0.130. The molecular formula is C14H24N2O4. The zero-order valence-corrected chi connectivity index (χ0v) is 12.6. The molecule has 0 aromatic heterocycles. The van der Waals surface area contributed by atoms with Crippen molar-refractivity contribution in [3.8, 4) is 0 Å². The minimum absolute atomic E-state index is 0.130. The van der Waals surface area contributed by atoms with Crippen LogP contribution in [0.15, 0.2) is 0 Å². The quantitative estimate of drug-likeness (QED) is 0.801. The fourth-order valence-electron chi connectivity index (χ4n) is 2.27. The maximum atomic E-state index is 12.1. The zero-order valence-electron chi connectivity index (χ0n) is 12.6. The standard InChI is InChI=1S/C14H24N2O4/c1-9(15-11(17)7-14(2,3)4)12(18)16-6-5-10(8-16)13(19)20/h9-10H,5-8H2,1-4H3,(H,15,17)(H,19,20). The highest BCUT2D eigenvalue weighted by Gasteiger charge is 2.33. The second-order valence-electron chi connectivity index (χ2n) is 6.63. The molecule has 0 bridgehead atoms. The molecule has 2 amide bonds. The van der Waals surface area contributed by atoms with Crippen molar-refractivity contribution in [1.29, 1.82) is 0 Å². The summed E-state index contributed by atoms with van der Waals surface area (Å²) in [6.45, 7) is 8.17.